The summed E-state index contributed by atoms with van der Waals surface area (Å²) in [6, 6.07) is 10.8. The van der Waals surface area contributed by atoms with E-state index in [1.807, 2.05) is 0 Å². The summed E-state index contributed by atoms with van der Waals surface area (Å²) in [6.45, 7) is 0. The number of halogens is 3. The van der Waals surface area contributed by atoms with Gasteiger partial charge in [0.25, 0.3) is 10.0 Å². The predicted molar refractivity (Wildman–Crippen MR) is 113 cm³/mol. The zero-order chi connectivity index (χ0) is 20.3. The molecule has 6 nitrogen and oxygen atoms in total. The van der Waals surface area contributed by atoms with E-state index in [2.05, 4.69) is 15.0 Å². The standard InChI is InChI=1S/C17H12Cl3N3O3S2/c18-10-6-13(19)16(14(20)7-10)22-15(24)8-11-9-27-17(21-11)23-28(25,26)12-4-2-1-3-5-12/h1-7,9H,8H2,(H,21,23)(H,22,24). The summed E-state index contributed by atoms with van der Waals surface area (Å²) in [5.74, 6) is -0.408. The molecule has 0 radical (unpaired) electrons. The van der Waals surface area contributed by atoms with Crippen LogP contribution in [0.15, 0.2) is 52.7 Å². The molecule has 3 rings (SSSR count). The van der Waals surface area contributed by atoms with Crippen LogP contribution in [0.25, 0.3) is 0 Å². The first-order valence-corrected chi connectivity index (χ1v) is 11.2. The first kappa shape index (κ1) is 20.9. The van der Waals surface area contributed by atoms with Gasteiger partial charge in [-0.2, -0.15) is 0 Å². The van der Waals surface area contributed by atoms with Crippen LogP contribution in [-0.2, 0) is 21.2 Å². The molecule has 3 aromatic rings. The molecule has 0 bridgehead atoms. The molecule has 0 atom stereocenters. The Balaban J connectivity index is 1.67. The van der Waals surface area contributed by atoms with E-state index in [-0.39, 0.29) is 32.2 Å². The minimum Gasteiger partial charge on any atom is -0.323 e. The normalized spacial score (nSPS) is 11.2. The summed E-state index contributed by atoms with van der Waals surface area (Å²) < 4.78 is 27.0. The third-order valence-electron chi connectivity index (χ3n) is 3.44. The van der Waals surface area contributed by atoms with Crippen LogP contribution in [0.5, 0.6) is 0 Å². The Kier molecular flexibility index (Phi) is 6.47. The second kappa shape index (κ2) is 8.67. The van der Waals surface area contributed by atoms with Gasteiger partial charge in [-0.25, -0.2) is 13.4 Å². The number of aromatic nitrogens is 1. The zero-order valence-corrected chi connectivity index (χ0v) is 17.8. The fraction of sp³-hybridized carbons (Fsp3) is 0.0588. The minimum absolute atomic E-state index is 0.0845. The molecule has 0 saturated carbocycles. The van der Waals surface area contributed by atoms with Gasteiger partial charge in [-0.1, -0.05) is 53.0 Å². The highest BCUT2D eigenvalue weighted by Gasteiger charge is 2.17. The maximum Gasteiger partial charge on any atom is 0.263 e. The van der Waals surface area contributed by atoms with Crippen LogP contribution in [0.2, 0.25) is 15.1 Å². The lowest BCUT2D eigenvalue weighted by atomic mass is 10.2. The predicted octanol–water partition coefficient (Wildman–Crippen LogP) is 5.09. The highest BCUT2D eigenvalue weighted by molar-refractivity contribution is 7.93. The molecule has 28 heavy (non-hydrogen) atoms. The molecule has 0 aliphatic carbocycles. The molecule has 11 heteroatoms. The van der Waals surface area contributed by atoms with E-state index in [4.69, 9.17) is 34.8 Å². The monoisotopic (exact) mass is 475 g/mol. The van der Waals surface area contributed by atoms with Crippen molar-refractivity contribution in [1.29, 1.82) is 0 Å². The Labute approximate surface area is 180 Å². The molecule has 146 valence electrons. The lowest BCUT2D eigenvalue weighted by molar-refractivity contribution is -0.115. The van der Waals surface area contributed by atoms with E-state index in [9.17, 15) is 13.2 Å². The number of rotatable bonds is 6. The molecular weight excluding hydrogens is 465 g/mol. The van der Waals surface area contributed by atoms with Crippen molar-refractivity contribution in [3.63, 3.8) is 0 Å². The SMILES string of the molecule is O=C(Cc1csc(NS(=O)(=O)c2ccccc2)n1)Nc1c(Cl)cc(Cl)cc1Cl. The lowest BCUT2D eigenvalue weighted by Gasteiger charge is -2.09. The van der Waals surface area contributed by atoms with Gasteiger partial charge < -0.3 is 5.32 Å². The van der Waals surface area contributed by atoms with E-state index < -0.39 is 15.9 Å². The second-order valence-electron chi connectivity index (χ2n) is 5.53. The van der Waals surface area contributed by atoms with Crippen LogP contribution in [0, 0.1) is 0 Å². The summed E-state index contributed by atoms with van der Waals surface area (Å²) in [5.41, 5.74) is 0.646. The van der Waals surface area contributed by atoms with Crippen molar-refractivity contribution in [2.75, 3.05) is 10.0 Å². The van der Waals surface area contributed by atoms with E-state index in [0.717, 1.165) is 11.3 Å². The average Bonchev–Trinajstić information content (AvgIpc) is 3.05. The summed E-state index contributed by atoms with van der Waals surface area (Å²) in [5, 5.41) is 5.12. The number of hydrogen-bond donors (Lipinski definition) is 2. The van der Waals surface area contributed by atoms with E-state index in [1.54, 1.807) is 23.6 Å². The van der Waals surface area contributed by atoms with Crippen molar-refractivity contribution in [2.24, 2.45) is 0 Å². The maximum absolute atomic E-state index is 12.3. The number of thiazole rings is 1. The molecular formula is C17H12Cl3N3O3S2. The molecule has 0 fully saturated rings. The van der Waals surface area contributed by atoms with Crippen LogP contribution in [0.4, 0.5) is 10.8 Å². The van der Waals surface area contributed by atoms with Gasteiger partial charge in [0.2, 0.25) is 5.91 Å². The molecule has 0 unspecified atom stereocenters. The molecule has 2 aromatic carbocycles. The minimum atomic E-state index is -3.74. The Bertz CT molecular complexity index is 1100. The molecule has 0 aliphatic rings. The quantitative estimate of drug-likeness (QED) is 0.519. The topological polar surface area (TPSA) is 88.2 Å². The Hall–Kier alpha value is -1.84. The van der Waals surface area contributed by atoms with Gasteiger partial charge in [-0.3, -0.25) is 9.52 Å². The molecule has 2 N–H and O–H groups in total. The molecule has 1 amide bonds. The van der Waals surface area contributed by atoms with Gasteiger partial charge in [-0.05, 0) is 24.3 Å². The third kappa shape index (κ3) is 5.15. The van der Waals surface area contributed by atoms with Gasteiger partial charge in [0.1, 0.15) is 0 Å². The van der Waals surface area contributed by atoms with Crippen molar-refractivity contribution in [3.8, 4) is 0 Å². The maximum atomic E-state index is 12.3. The molecule has 0 saturated heterocycles. The van der Waals surface area contributed by atoms with E-state index in [1.165, 1.54) is 24.3 Å². The van der Waals surface area contributed by atoms with Crippen molar-refractivity contribution in [1.82, 2.24) is 4.98 Å². The number of carbonyl (C=O) groups excluding carboxylic acids is 1. The second-order valence-corrected chi connectivity index (χ2v) is 9.32. The number of carbonyl (C=O) groups is 1. The summed E-state index contributed by atoms with van der Waals surface area (Å²) in [7, 11) is -3.74. The highest BCUT2D eigenvalue weighted by atomic mass is 35.5. The van der Waals surface area contributed by atoms with Crippen LogP contribution < -0.4 is 10.0 Å². The van der Waals surface area contributed by atoms with Crippen molar-refractivity contribution >= 4 is 72.9 Å². The number of sulfonamides is 1. The van der Waals surface area contributed by atoms with Gasteiger partial charge in [0.15, 0.2) is 5.13 Å². The Morgan fingerprint density at radius 1 is 1.07 bits per heavy atom. The van der Waals surface area contributed by atoms with Gasteiger partial charge >= 0.3 is 0 Å². The van der Waals surface area contributed by atoms with Crippen molar-refractivity contribution in [3.05, 3.63) is 68.6 Å². The van der Waals surface area contributed by atoms with E-state index in [0.29, 0.717) is 10.7 Å². The number of anilines is 2. The smallest absolute Gasteiger partial charge is 0.263 e. The van der Waals surface area contributed by atoms with Crippen molar-refractivity contribution in [2.45, 2.75) is 11.3 Å². The fourth-order valence-corrected chi connectivity index (χ4v) is 5.11. The number of hydrogen-bond acceptors (Lipinski definition) is 5. The van der Waals surface area contributed by atoms with Gasteiger partial charge in [0.05, 0.1) is 32.7 Å². The van der Waals surface area contributed by atoms with Crippen molar-refractivity contribution < 1.29 is 13.2 Å². The first-order valence-electron chi connectivity index (χ1n) is 7.71. The van der Waals surface area contributed by atoms with Gasteiger partial charge in [0, 0.05) is 10.4 Å². The highest BCUT2D eigenvalue weighted by Crippen LogP contribution is 2.33. The van der Waals surface area contributed by atoms with Crippen LogP contribution in [-0.4, -0.2) is 19.3 Å². The lowest BCUT2D eigenvalue weighted by Crippen LogP contribution is -2.16. The summed E-state index contributed by atoms with van der Waals surface area (Å²) in [6.07, 6.45) is -0.0845. The largest absolute Gasteiger partial charge is 0.323 e. The number of nitrogens with zero attached hydrogens (tertiary/aromatic N) is 1. The zero-order valence-electron chi connectivity index (χ0n) is 13.9. The third-order valence-corrected chi connectivity index (χ3v) is 6.54. The van der Waals surface area contributed by atoms with Crippen LogP contribution >= 0.6 is 46.1 Å². The Morgan fingerprint density at radius 2 is 1.71 bits per heavy atom. The first-order chi connectivity index (χ1) is 13.2. The molecule has 0 spiro atoms. The Morgan fingerprint density at radius 3 is 2.36 bits per heavy atom. The average molecular weight is 477 g/mol. The summed E-state index contributed by atoms with van der Waals surface area (Å²) >= 11 is 19.0. The molecule has 0 aliphatic heterocycles. The fourth-order valence-electron chi connectivity index (χ4n) is 2.22. The number of benzene rings is 2. The van der Waals surface area contributed by atoms with Crippen LogP contribution in [0.3, 0.4) is 0 Å². The molecule has 1 aromatic heterocycles. The van der Waals surface area contributed by atoms with Gasteiger partial charge in [-0.15, -0.1) is 11.3 Å². The summed E-state index contributed by atoms with van der Waals surface area (Å²) in [4.78, 5) is 16.5. The van der Waals surface area contributed by atoms with Crippen LogP contribution in [0.1, 0.15) is 5.69 Å². The number of amides is 1. The number of nitrogens with one attached hydrogen (secondary N) is 2. The molecule has 1 heterocycles. The van der Waals surface area contributed by atoms with E-state index >= 15 is 0 Å².